The maximum absolute atomic E-state index is 12.6. The predicted octanol–water partition coefficient (Wildman–Crippen LogP) is 2.64. The average molecular weight is 345 g/mol. The van der Waals surface area contributed by atoms with E-state index < -0.39 is 9.84 Å². The number of benzene rings is 2. The van der Waals surface area contributed by atoms with Crippen molar-refractivity contribution in [3.05, 3.63) is 60.2 Å². The highest BCUT2D eigenvalue weighted by Crippen LogP contribution is 2.23. The van der Waals surface area contributed by atoms with Crippen molar-refractivity contribution < 1.29 is 17.9 Å². The van der Waals surface area contributed by atoms with Gasteiger partial charge in [-0.3, -0.25) is 4.79 Å². The second kappa shape index (κ2) is 7.15. The van der Waals surface area contributed by atoms with Crippen molar-refractivity contribution in [2.24, 2.45) is 5.92 Å². The topological polar surface area (TPSA) is 72.5 Å². The Labute approximate surface area is 141 Å². The monoisotopic (exact) mass is 345 g/mol. The molecule has 126 valence electrons. The third-order valence-electron chi connectivity index (χ3n) is 4.02. The van der Waals surface area contributed by atoms with Crippen molar-refractivity contribution in [2.45, 2.75) is 17.1 Å². The van der Waals surface area contributed by atoms with Crippen molar-refractivity contribution in [3.63, 3.8) is 0 Å². The van der Waals surface area contributed by atoms with Gasteiger partial charge in [0.05, 0.1) is 23.2 Å². The molecule has 1 heterocycles. The van der Waals surface area contributed by atoms with Gasteiger partial charge in [0, 0.05) is 12.3 Å². The van der Waals surface area contributed by atoms with Crippen LogP contribution < -0.4 is 5.32 Å². The molecule has 0 saturated carbocycles. The molecule has 1 atom stereocenters. The fourth-order valence-electron chi connectivity index (χ4n) is 2.66. The van der Waals surface area contributed by atoms with Gasteiger partial charge in [-0.25, -0.2) is 8.42 Å². The number of hydrogen-bond donors (Lipinski definition) is 1. The first kappa shape index (κ1) is 16.7. The number of amides is 1. The first-order valence-corrected chi connectivity index (χ1v) is 9.46. The molecule has 3 rings (SSSR count). The van der Waals surface area contributed by atoms with Crippen molar-refractivity contribution in [1.29, 1.82) is 0 Å². The second-order valence-corrected chi connectivity index (χ2v) is 7.77. The van der Waals surface area contributed by atoms with E-state index in [1.807, 2.05) is 0 Å². The summed E-state index contributed by atoms with van der Waals surface area (Å²) in [4.78, 5) is 12.5. The summed E-state index contributed by atoms with van der Waals surface area (Å²) in [6.45, 7) is 0.998. The summed E-state index contributed by atoms with van der Waals surface area (Å²) in [7, 11) is -3.47. The van der Waals surface area contributed by atoms with Gasteiger partial charge in [-0.05, 0) is 30.2 Å². The van der Waals surface area contributed by atoms with Gasteiger partial charge in [-0.1, -0.05) is 36.4 Å². The van der Waals surface area contributed by atoms with Crippen molar-refractivity contribution in [2.75, 3.05) is 18.5 Å². The van der Waals surface area contributed by atoms with Gasteiger partial charge >= 0.3 is 0 Å². The lowest BCUT2D eigenvalue weighted by Gasteiger charge is -2.14. The number of rotatable bonds is 5. The summed E-state index contributed by atoms with van der Waals surface area (Å²) in [5.74, 6) is -0.463. The fraction of sp³-hybridized carbons (Fsp3) is 0.278. The Balaban J connectivity index is 1.80. The van der Waals surface area contributed by atoms with E-state index in [0.29, 0.717) is 30.9 Å². The van der Waals surface area contributed by atoms with Crippen LogP contribution in [-0.2, 0) is 25.1 Å². The molecule has 1 N–H and O–H groups in total. The van der Waals surface area contributed by atoms with Gasteiger partial charge in [0.15, 0.2) is 9.84 Å². The minimum absolute atomic E-state index is 0.128. The van der Waals surface area contributed by atoms with Gasteiger partial charge in [-0.15, -0.1) is 0 Å². The minimum atomic E-state index is -3.47. The van der Waals surface area contributed by atoms with E-state index in [9.17, 15) is 13.2 Å². The normalized spacial score (nSPS) is 17.6. The summed E-state index contributed by atoms with van der Waals surface area (Å²) in [5, 5.41) is 2.84. The molecule has 0 spiro atoms. The zero-order valence-electron chi connectivity index (χ0n) is 13.1. The second-order valence-electron chi connectivity index (χ2n) is 5.78. The highest BCUT2D eigenvalue weighted by atomic mass is 32.2. The van der Waals surface area contributed by atoms with Gasteiger partial charge < -0.3 is 10.1 Å². The first-order chi connectivity index (χ1) is 11.6. The number of anilines is 1. The van der Waals surface area contributed by atoms with Crippen molar-refractivity contribution in [3.8, 4) is 0 Å². The molecular formula is C18H19NO4S. The molecule has 2 aromatic carbocycles. The number of carbonyl (C=O) groups is 1. The quantitative estimate of drug-likeness (QED) is 0.904. The lowest BCUT2D eigenvalue weighted by atomic mass is 10.1. The van der Waals surface area contributed by atoms with E-state index in [1.165, 1.54) is 0 Å². The zero-order valence-corrected chi connectivity index (χ0v) is 14.0. The van der Waals surface area contributed by atoms with Crippen LogP contribution in [0.15, 0.2) is 59.5 Å². The highest BCUT2D eigenvalue weighted by molar-refractivity contribution is 7.90. The van der Waals surface area contributed by atoms with Gasteiger partial charge in [0.1, 0.15) is 0 Å². The van der Waals surface area contributed by atoms with E-state index in [4.69, 9.17) is 4.74 Å². The number of sulfone groups is 1. The molecule has 0 unspecified atom stereocenters. The Hall–Kier alpha value is -2.18. The van der Waals surface area contributed by atoms with Crippen molar-refractivity contribution in [1.82, 2.24) is 0 Å². The summed E-state index contributed by atoms with van der Waals surface area (Å²) >= 11 is 0. The van der Waals surface area contributed by atoms with E-state index in [1.54, 1.807) is 54.6 Å². The van der Waals surface area contributed by atoms with Crippen LogP contribution in [0.3, 0.4) is 0 Å². The smallest absolute Gasteiger partial charge is 0.229 e. The Kier molecular flexibility index (Phi) is 4.97. The lowest BCUT2D eigenvalue weighted by molar-refractivity contribution is -0.119. The third-order valence-corrected chi connectivity index (χ3v) is 5.70. The molecule has 5 nitrogen and oxygen atoms in total. The van der Waals surface area contributed by atoms with Crippen LogP contribution in [0.5, 0.6) is 0 Å². The molecule has 1 aliphatic heterocycles. The summed E-state index contributed by atoms with van der Waals surface area (Å²) in [6, 6.07) is 15.3. The summed E-state index contributed by atoms with van der Waals surface area (Å²) in [5.41, 5.74) is 1.11. The zero-order chi connectivity index (χ0) is 17.0. The van der Waals surface area contributed by atoms with Crippen LogP contribution in [0, 0.1) is 5.92 Å². The van der Waals surface area contributed by atoms with Crippen LogP contribution in [0.1, 0.15) is 12.0 Å². The van der Waals surface area contributed by atoms with Crippen LogP contribution in [-0.4, -0.2) is 27.5 Å². The number of para-hydroxylation sites is 1. The molecule has 0 aliphatic carbocycles. The number of nitrogens with one attached hydrogen (secondary N) is 1. The van der Waals surface area contributed by atoms with Crippen LogP contribution >= 0.6 is 0 Å². The van der Waals surface area contributed by atoms with E-state index in [-0.39, 0.29) is 22.5 Å². The minimum Gasteiger partial charge on any atom is -0.381 e. The number of hydrogen-bond acceptors (Lipinski definition) is 4. The highest BCUT2D eigenvalue weighted by Gasteiger charge is 2.24. The molecule has 1 amide bonds. The molecule has 0 bridgehead atoms. The predicted molar refractivity (Wildman–Crippen MR) is 91.3 cm³/mol. The van der Waals surface area contributed by atoms with Gasteiger partial charge in [-0.2, -0.15) is 0 Å². The fourth-order valence-corrected chi connectivity index (χ4v) is 4.06. The maximum Gasteiger partial charge on any atom is 0.229 e. The third kappa shape index (κ3) is 3.83. The largest absolute Gasteiger partial charge is 0.381 e. The Morgan fingerprint density at radius 3 is 2.50 bits per heavy atom. The molecule has 0 aromatic heterocycles. The SMILES string of the molecule is O=C(Nc1ccccc1CS(=O)(=O)c1ccccc1)[C@@H]1CCOC1. The van der Waals surface area contributed by atoms with Gasteiger partial charge in [0.2, 0.25) is 5.91 Å². The van der Waals surface area contributed by atoms with Crippen molar-refractivity contribution >= 4 is 21.4 Å². The van der Waals surface area contributed by atoms with E-state index >= 15 is 0 Å². The summed E-state index contributed by atoms with van der Waals surface area (Å²) in [6.07, 6.45) is 0.691. The average Bonchev–Trinajstić information content (AvgIpc) is 3.12. The lowest BCUT2D eigenvalue weighted by Crippen LogP contribution is -2.23. The number of ether oxygens (including phenoxy) is 1. The number of carbonyl (C=O) groups excluding carboxylic acids is 1. The first-order valence-electron chi connectivity index (χ1n) is 7.80. The van der Waals surface area contributed by atoms with E-state index in [0.717, 1.165) is 0 Å². The molecule has 6 heteroatoms. The molecule has 1 fully saturated rings. The summed E-state index contributed by atoms with van der Waals surface area (Å²) < 4.78 is 30.4. The molecule has 1 aliphatic rings. The standard InChI is InChI=1S/C18H19NO4S/c20-18(14-10-11-23-12-14)19-17-9-5-4-6-15(17)13-24(21,22)16-7-2-1-3-8-16/h1-9,14H,10-13H2,(H,19,20)/t14-/m1/s1. The molecule has 1 saturated heterocycles. The van der Waals surface area contributed by atoms with Crippen LogP contribution in [0.25, 0.3) is 0 Å². The molecule has 24 heavy (non-hydrogen) atoms. The Bertz CT molecular complexity index is 812. The van der Waals surface area contributed by atoms with E-state index in [2.05, 4.69) is 5.32 Å². The molecule has 2 aromatic rings. The van der Waals surface area contributed by atoms with Gasteiger partial charge in [0.25, 0.3) is 0 Å². The van der Waals surface area contributed by atoms with Crippen LogP contribution in [0.4, 0.5) is 5.69 Å². The molecular weight excluding hydrogens is 326 g/mol. The Morgan fingerprint density at radius 1 is 1.08 bits per heavy atom. The Morgan fingerprint density at radius 2 is 1.79 bits per heavy atom. The maximum atomic E-state index is 12.6. The molecule has 0 radical (unpaired) electrons. The van der Waals surface area contributed by atoms with Crippen LogP contribution in [0.2, 0.25) is 0 Å².